The van der Waals surface area contributed by atoms with E-state index >= 15 is 0 Å². The van der Waals surface area contributed by atoms with Gasteiger partial charge in [0.1, 0.15) is 6.04 Å². The molecule has 1 aromatic rings. The highest BCUT2D eigenvalue weighted by molar-refractivity contribution is 5.84. The number of anilines is 1. The van der Waals surface area contributed by atoms with Gasteiger partial charge in [-0.25, -0.2) is 4.98 Å². The fourth-order valence-corrected chi connectivity index (χ4v) is 1.46. The molecule has 0 spiro atoms. The second kappa shape index (κ2) is 5.44. The summed E-state index contributed by atoms with van der Waals surface area (Å²) in [6.07, 6.45) is 1.52. The van der Waals surface area contributed by atoms with Gasteiger partial charge < -0.3 is 10.2 Å². The standard InChI is InChI=1S/C11H16N4O3/c1-7-5-9(15(17)18)10(12-6-7)13-8(2)11(16)14(3)4/h5-6,8H,1-4H3,(H,12,13). The van der Waals surface area contributed by atoms with Crippen LogP contribution in [0.4, 0.5) is 11.5 Å². The fraction of sp³-hybridized carbons (Fsp3) is 0.455. The molecule has 0 bridgehead atoms. The minimum atomic E-state index is -0.575. The van der Waals surface area contributed by atoms with Gasteiger partial charge in [-0.3, -0.25) is 14.9 Å². The minimum Gasteiger partial charge on any atom is -0.353 e. The van der Waals surface area contributed by atoms with E-state index < -0.39 is 11.0 Å². The smallest absolute Gasteiger partial charge is 0.311 e. The molecule has 7 nitrogen and oxygen atoms in total. The molecule has 0 aliphatic rings. The van der Waals surface area contributed by atoms with Crippen molar-refractivity contribution in [3.8, 4) is 0 Å². The van der Waals surface area contributed by atoms with Crippen LogP contribution in [-0.2, 0) is 4.79 Å². The van der Waals surface area contributed by atoms with Gasteiger partial charge in [0.05, 0.1) is 4.92 Å². The zero-order chi connectivity index (χ0) is 13.9. The lowest BCUT2D eigenvalue weighted by atomic mass is 10.2. The van der Waals surface area contributed by atoms with E-state index in [1.807, 2.05) is 0 Å². The van der Waals surface area contributed by atoms with E-state index in [4.69, 9.17) is 0 Å². The summed E-state index contributed by atoms with van der Waals surface area (Å²) >= 11 is 0. The summed E-state index contributed by atoms with van der Waals surface area (Å²) in [5.41, 5.74) is 0.562. The van der Waals surface area contributed by atoms with Crippen LogP contribution in [0, 0.1) is 17.0 Å². The number of carbonyl (C=O) groups excluding carboxylic acids is 1. The van der Waals surface area contributed by atoms with Crippen molar-refractivity contribution < 1.29 is 9.72 Å². The number of pyridine rings is 1. The highest BCUT2D eigenvalue weighted by atomic mass is 16.6. The number of aromatic nitrogens is 1. The highest BCUT2D eigenvalue weighted by Gasteiger charge is 2.21. The summed E-state index contributed by atoms with van der Waals surface area (Å²) in [4.78, 5) is 27.4. The summed E-state index contributed by atoms with van der Waals surface area (Å²) in [6, 6.07) is 0.844. The maximum atomic E-state index is 11.7. The molecule has 1 unspecified atom stereocenters. The Balaban J connectivity index is 2.97. The molecule has 0 aliphatic heterocycles. The van der Waals surface area contributed by atoms with Gasteiger partial charge in [-0.2, -0.15) is 0 Å². The van der Waals surface area contributed by atoms with Gasteiger partial charge in [0, 0.05) is 26.4 Å². The van der Waals surface area contributed by atoms with Gasteiger partial charge in [-0.15, -0.1) is 0 Å². The van der Waals surface area contributed by atoms with E-state index in [9.17, 15) is 14.9 Å². The van der Waals surface area contributed by atoms with Crippen molar-refractivity contribution in [1.82, 2.24) is 9.88 Å². The van der Waals surface area contributed by atoms with E-state index in [0.717, 1.165) is 0 Å². The lowest BCUT2D eigenvalue weighted by Gasteiger charge is -2.18. The first-order valence-corrected chi connectivity index (χ1v) is 5.41. The van der Waals surface area contributed by atoms with Crippen LogP contribution < -0.4 is 5.32 Å². The van der Waals surface area contributed by atoms with Gasteiger partial charge in [0.2, 0.25) is 11.7 Å². The first-order chi connectivity index (χ1) is 8.32. The van der Waals surface area contributed by atoms with Crippen LogP contribution >= 0.6 is 0 Å². The number of nitro groups is 1. The molecule has 1 amide bonds. The molecule has 98 valence electrons. The van der Waals surface area contributed by atoms with Crippen molar-refractivity contribution in [2.45, 2.75) is 19.9 Å². The summed E-state index contributed by atoms with van der Waals surface area (Å²) < 4.78 is 0. The zero-order valence-corrected chi connectivity index (χ0v) is 10.8. The molecular formula is C11H16N4O3. The molecule has 0 aromatic carbocycles. The van der Waals surface area contributed by atoms with E-state index in [1.165, 1.54) is 17.2 Å². The monoisotopic (exact) mass is 252 g/mol. The highest BCUT2D eigenvalue weighted by Crippen LogP contribution is 2.23. The van der Waals surface area contributed by atoms with Gasteiger partial charge in [-0.05, 0) is 19.4 Å². The summed E-state index contributed by atoms with van der Waals surface area (Å²) in [5, 5.41) is 13.6. The molecule has 1 heterocycles. The van der Waals surface area contributed by atoms with Crippen LogP contribution in [0.15, 0.2) is 12.3 Å². The number of likely N-dealkylation sites (N-methyl/N-ethyl adjacent to an activating group) is 1. The van der Waals surface area contributed by atoms with Crippen LogP contribution in [-0.4, -0.2) is 40.9 Å². The molecule has 1 aromatic heterocycles. The van der Waals surface area contributed by atoms with E-state index in [2.05, 4.69) is 10.3 Å². The van der Waals surface area contributed by atoms with E-state index in [-0.39, 0.29) is 17.4 Å². The maximum Gasteiger partial charge on any atom is 0.311 e. The molecule has 18 heavy (non-hydrogen) atoms. The van der Waals surface area contributed by atoms with Gasteiger partial charge in [0.15, 0.2) is 0 Å². The lowest BCUT2D eigenvalue weighted by molar-refractivity contribution is -0.384. The van der Waals surface area contributed by atoms with E-state index in [1.54, 1.807) is 27.9 Å². The molecule has 0 saturated carbocycles. The Hall–Kier alpha value is -2.18. The SMILES string of the molecule is Cc1cnc(NC(C)C(=O)N(C)C)c([N+](=O)[O-])c1. The third-order valence-electron chi connectivity index (χ3n) is 2.37. The van der Waals surface area contributed by atoms with Crippen LogP contribution in [0.25, 0.3) is 0 Å². The molecule has 1 atom stereocenters. The summed E-state index contributed by atoms with van der Waals surface area (Å²) in [6.45, 7) is 3.35. The lowest BCUT2D eigenvalue weighted by Crippen LogP contribution is -2.37. The Morgan fingerprint density at radius 1 is 1.56 bits per heavy atom. The average Bonchev–Trinajstić information content (AvgIpc) is 2.29. The first-order valence-electron chi connectivity index (χ1n) is 5.41. The Labute approximate surface area is 105 Å². The predicted molar refractivity (Wildman–Crippen MR) is 67.4 cm³/mol. The minimum absolute atomic E-state index is 0.105. The predicted octanol–water partition coefficient (Wildman–Crippen LogP) is 1.19. The number of nitrogens with zero attached hydrogens (tertiary/aromatic N) is 3. The second-order valence-electron chi connectivity index (χ2n) is 4.24. The van der Waals surface area contributed by atoms with Crippen LogP contribution in [0.2, 0.25) is 0 Å². The number of hydrogen-bond acceptors (Lipinski definition) is 5. The van der Waals surface area contributed by atoms with Crippen molar-refractivity contribution in [3.05, 3.63) is 27.9 Å². The Morgan fingerprint density at radius 3 is 2.67 bits per heavy atom. The molecule has 0 aliphatic carbocycles. The third-order valence-corrected chi connectivity index (χ3v) is 2.37. The number of nitrogens with one attached hydrogen (secondary N) is 1. The zero-order valence-electron chi connectivity index (χ0n) is 10.8. The van der Waals surface area contributed by atoms with Crippen LogP contribution in [0.3, 0.4) is 0 Å². The molecular weight excluding hydrogens is 236 g/mol. The molecule has 0 radical (unpaired) electrons. The molecule has 7 heteroatoms. The number of amides is 1. The normalized spacial score (nSPS) is 11.8. The number of carbonyl (C=O) groups is 1. The topological polar surface area (TPSA) is 88.4 Å². The van der Waals surface area contributed by atoms with E-state index in [0.29, 0.717) is 5.56 Å². The molecule has 0 fully saturated rings. The quantitative estimate of drug-likeness (QED) is 0.642. The number of hydrogen-bond donors (Lipinski definition) is 1. The molecule has 1 N–H and O–H groups in total. The van der Waals surface area contributed by atoms with Crippen molar-refractivity contribution in [2.75, 3.05) is 19.4 Å². The summed E-state index contributed by atoms with van der Waals surface area (Å²) in [5.74, 6) is -0.0695. The Bertz CT molecular complexity index is 473. The van der Waals surface area contributed by atoms with Crippen molar-refractivity contribution in [1.29, 1.82) is 0 Å². The fourth-order valence-electron chi connectivity index (χ4n) is 1.46. The number of aryl methyl sites for hydroxylation is 1. The van der Waals surface area contributed by atoms with Gasteiger partial charge in [-0.1, -0.05) is 0 Å². The van der Waals surface area contributed by atoms with Gasteiger partial charge in [0.25, 0.3) is 0 Å². The number of rotatable bonds is 4. The third kappa shape index (κ3) is 3.16. The second-order valence-corrected chi connectivity index (χ2v) is 4.24. The largest absolute Gasteiger partial charge is 0.353 e. The maximum absolute atomic E-state index is 11.7. The summed E-state index contributed by atoms with van der Waals surface area (Å²) in [7, 11) is 3.25. The molecule has 0 saturated heterocycles. The van der Waals surface area contributed by atoms with Crippen molar-refractivity contribution in [3.63, 3.8) is 0 Å². The Kier molecular flexibility index (Phi) is 4.19. The Morgan fingerprint density at radius 2 is 2.17 bits per heavy atom. The van der Waals surface area contributed by atoms with Crippen molar-refractivity contribution >= 4 is 17.4 Å². The first kappa shape index (κ1) is 13.9. The van der Waals surface area contributed by atoms with Gasteiger partial charge >= 0.3 is 5.69 Å². The van der Waals surface area contributed by atoms with Crippen molar-refractivity contribution in [2.24, 2.45) is 0 Å². The molecule has 1 rings (SSSR count). The average molecular weight is 252 g/mol. The van der Waals surface area contributed by atoms with Crippen LogP contribution in [0.5, 0.6) is 0 Å². The van der Waals surface area contributed by atoms with Crippen LogP contribution in [0.1, 0.15) is 12.5 Å².